The second-order valence-corrected chi connectivity index (χ2v) is 3.29. The number of hydrogen-bond acceptors (Lipinski definition) is 1. The van der Waals surface area contributed by atoms with Crippen molar-refractivity contribution >= 4 is 0 Å². The Morgan fingerprint density at radius 1 is 1.42 bits per heavy atom. The van der Waals surface area contributed by atoms with Crippen LogP contribution in [-0.4, -0.2) is 4.98 Å². The molecule has 2 rings (SSSR count). The molecule has 0 aromatic carbocycles. The van der Waals surface area contributed by atoms with E-state index < -0.39 is 0 Å². The van der Waals surface area contributed by atoms with Gasteiger partial charge < -0.3 is 0 Å². The zero-order chi connectivity index (χ0) is 8.23. The molecule has 1 aromatic heterocycles. The molecule has 0 aliphatic heterocycles. The maximum atomic E-state index is 4.24. The predicted molar refractivity (Wildman–Crippen MR) is 49.8 cm³/mol. The average molecular weight is 159 g/mol. The summed E-state index contributed by atoms with van der Waals surface area (Å²) >= 11 is 0. The van der Waals surface area contributed by atoms with Crippen LogP contribution in [-0.2, 0) is 6.42 Å². The molecule has 1 aliphatic rings. The summed E-state index contributed by atoms with van der Waals surface area (Å²) in [6.45, 7) is 0. The van der Waals surface area contributed by atoms with Gasteiger partial charge >= 0.3 is 0 Å². The third-order valence-electron chi connectivity index (χ3n) is 2.08. The van der Waals surface area contributed by atoms with E-state index in [-0.39, 0.29) is 0 Å². The van der Waals surface area contributed by atoms with Crippen LogP contribution >= 0.6 is 0 Å². The maximum absolute atomic E-state index is 4.24. The highest BCUT2D eigenvalue weighted by Gasteiger charge is 2.16. The van der Waals surface area contributed by atoms with Crippen LogP contribution in [0.1, 0.15) is 18.5 Å². The van der Waals surface area contributed by atoms with Crippen molar-refractivity contribution in [3.8, 4) is 0 Å². The van der Waals surface area contributed by atoms with Gasteiger partial charge in [0.1, 0.15) is 0 Å². The first-order chi connectivity index (χ1) is 5.95. The minimum atomic E-state index is 0.883. The van der Waals surface area contributed by atoms with Crippen molar-refractivity contribution in [3.63, 3.8) is 0 Å². The van der Waals surface area contributed by atoms with Crippen molar-refractivity contribution in [3.05, 3.63) is 42.2 Å². The molecule has 0 atom stereocenters. The van der Waals surface area contributed by atoms with E-state index >= 15 is 0 Å². The number of pyridine rings is 1. The molecule has 0 spiro atoms. The zero-order valence-electron chi connectivity index (χ0n) is 7.11. The van der Waals surface area contributed by atoms with Crippen molar-refractivity contribution in [1.29, 1.82) is 0 Å². The van der Waals surface area contributed by atoms with E-state index in [1.807, 2.05) is 18.3 Å². The van der Waals surface area contributed by atoms with E-state index in [2.05, 4.69) is 23.2 Å². The van der Waals surface area contributed by atoms with Gasteiger partial charge in [-0.05, 0) is 30.9 Å². The lowest BCUT2D eigenvalue weighted by atomic mass is 10.2. The molecule has 1 heteroatoms. The quantitative estimate of drug-likeness (QED) is 0.618. The molecule has 62 valence electrons. The van der Waals surface area contributed by atoms with Gasteiger partial charge in [-0.1, -0.05) is 18.2 Å². The first-order valence-electron chi connectivity index (χ1n) is 4.52. The van der Waals surface area contributed by atoms with E-state index in [0.717, 1.165) is 18.0 Å². The minimum absolute atomic E-state index is 0.883. The first kappa shape index (κ1) is 7.53. The second-order valence-electron chi connectivity index (χ2n) is 3.29. The lowest BCUT2D eigenvalue weighted by Crippen LogP contribution is -1.84. The highest BCUT2D eigenvalue weighted by Crippen LogP contribution is 2.30. The van der Waals surface area contributed by atoms with Crippen LogP contribution < -0.4 is 0 Å². The summed E-state index contributed by atoms with van der Waals surface area (Å²) in [5.74, 6) is 0.883. The van der Waals surface area contributed by atoms with E-state index in [0.29, 0.717) is 0 Å². The van der Waals surface area contributed by atoms with E-state index in [1.54, 1.807) is 0 Å². The molecule has 12 heavy (non-hydrogen) atoms. The van der Waals surface area contributed by atoms with E-state index in [1.165, 1.54) is 12.8 Å². The number of nitrogens with zero attached hydrogens (tertiary/aromatic N) is 1. The Kier molecular flexibility index (Phi) is 2.21. The number of allylic oxidation sites excluding steroid dienone is 2. The van der Waals surface area contributed by atoms with Crippen molar-refractivity contribution in [1.82, 2.24) is 4.98 Å². The summed E-state index contributed by atoms with van der Waals surface area (Å²) in [6.07, 6.45) is 10.2. The Morgan fingerprint density at radius 2 is 2.33 bits per heavy atom. The Bertz CT molecular complexity index is 260. The summed E-state index contributed by atoms with van der Waals surface area (Å²) in [4.78, 5) is 4.24. The molecule has 1 fully saturated rings. The summed E-state index contributed by atoms with van der Waals surface area (Å²) in [5, 5.41) is 0. The summed E-state index contributed by atoms with van der Waals surface area (Å²) in [5.41, 5.74) is 1.16. The van der Waals surface area contributed by atoms with Gasteiger partial charge in [0.25, 0.3) is 0 Å². The van der Waals surface area contributed by atoms with Gasteiger partial charge in [-0.25, -0.2) is 0 Å². The molecule has 1 saturated carbocycles. The van der Waals surface area contributed by atoms with Gasteiger partial charge in [-0.15, -0.1) is 0 Å². The van der Waals surface area contributed by atoms with E-state index in [9.17, 15) is 0 Å². The molecule has 0 unspecified atom stereocenters. The van der Waals surface area contributed by atoms with E-state index in [4.69, 9.17) is 0 Å². The minimum Gasteiger partial charge on any atom is -0.261 e. The molecule has 1 aliphatic carbocycles. The topological polar surface area (TPSA) is 12.9 Å². The Morgan fingerprint density at radius 3 is 3.00 bits per heavy atom. The fourth-order valence-electron chi connectivity index (χ4n) is 1.19. The molecule has 1 nitrogen and oxygen atoms in total. The molecule has 1 aromatic rings. The van der Waals surface area contributed by atoms with Gasteiger partial charge in [0, 0.05) is 18.3 Å². The summed E-state index contributed by atoms with van der Waals surface area (Å²) in [7, 11) is 0. The fourth-order valence-corrected chi connectivity index (χ4v) is 1.19. The van der Waals surface area contributed by atoms with Crippen molar-refractivity contribution < 1.29 is 0 Å². The van der Waals surface area contributed by atoms with Crippen molar-refractivity contribution in [2.45, 2.75) is 19.3 Å². The molecule has 0 radical (unpaired) electrons. The van der Waals surface area contributed by atoms with Crippen LogP contribution in [0.2, 0.25) is 0 Å². The van der Waals surface area contributed by atoms with Gasteiger partial charge in [0.2, 0.25) is 0 Å². The molecule has 1 heterocycles. The molecular weight excluding hydrogens is 146 g/mol. The van der Waals surface area contributed by atoms with Gasteiger partial charge in [-0.2, -0.15) is 0 Å². The molecule has 0 amide bonds. The standard InChI is InChI=1S/C11H13N/c1-2-9-12-11(5-1)6-3-4-10-7-8-10/h1-5,9-10H,6-8H2/b4-3+. The van der Waals surface area contributed by atoms with Gasteiger partial charge in [-0.3, -0.25) is 4.98 Å². The van der Waals surface area contributed by atoms with Crippen LogP contribution in [0, 0.1) is 5.92 Å². The van der Waals surface area contributed by atoms with Crippen LogP contribution in [0.15, 0.2) is 36.5 Å². The monoisotopic (exact) mass is 159 g/mol. The normalized spacial score (nSPS) is 17.0. The summed E-state index contributed by atoms with van der Waals surface area (Å²) < 4.78 is 0. The molecular formula is C11H13N. The van der Waals surface area contributed by atoms with Crippen LogP contribution in [0.4, 0.5) is 0 Å². The maximum Gasteiger partial charge on any atom is 0.0441 e. The highest BCUT2D eigenvalue weighted by molar-refractivity contribution is 5.09. The summed E-state index contributed by atoms with van der Waals surface area (Å²) in [6, 6.07) is 6.05. The first-order valence-corrected chi connectivity index (χ1v) is 4.52. The van der Waals surface area contributed by atoms with Gasteiger partial charge in [0.15, 0.2) is 0 Å². The Balaban J connectivity index is 1.86. The molecule has 0 N–H and O–H groups in total. The highest BCUT2D eigenvalue weighted by atomic mass is 14.7. The van der Waals surface area contributed by atoms with Crippen LogP contribution in [0.3, 0.4) is 0 Å². The van der Waals surface area contributed by atoms with Crippen molar-refractivity contribution in [2.75, 3.05) is 0 Å². The molecule has 0 bridgehead atoms. The number of hydrogen-bond donors (Lipinski definition) is 0. The molecule has 0 saturated heterocycles. The SMILES string of the molecule is C(=C\C1CC1)/Cc1ccccn1. The average Bonchev–Trinajstić information content (AvgIpc) is 2.90. The number of aromatic nitrogens is 1. The lowest BCUT2D eigenvalue weighted by Gasteiger charge is -1.92. The van der Waals surface area contributed by atoms with Gasteiger partial charge in [0.05, 0.1) is 0 Å². The largest absolute Gasteiger partial charge is 0.261 e. The fraction of sp³-hybridized carbons (Fsp3) is 0.364. The van der Waals surface area contributed by atoms with Crippen LogP contribution in [0.25, 0.3) is 0 Å². The second kappa shape index (κ2) is 3.53. The Hall–Kier alpha value is -1.11. The third-order valence-corrected chi connectivity index (χ3v) is 2.08. The number of rotatable bonds is 3. The predicted octanol–water partition coefficient (Wildman–Crippen LogP) is 2.59. The van der Waals surface area contributed by atoms with Crippen LogP contribution in [0.5, 0.6) is 0 Å². The lowest BCUT2D eigenvalue weighted by molar-refractivity contribution is 1.06. The Labute approximate surface area is 73.1 Å². The zero-order valence-corrected chi connectivity index (χ0v) is 7.11. The van der Waals surface area contributed by atoms with Crippen molar-refractivity contribution in [2.24, 2.45) is 5.92 Å². The smallest absolute Gasteiger partial charge is 0.0441 e. The third kappa shape index (κ3) is 2.19.